The molecule has 18 heavy (non-hydrogen) atoms. The third kappa shape index (κ3) is 3.21. The quantitative estimate of drug-likeness (QED) is 0.918. The Hall–Kier alpha value is -1.59. The first-order valence-corrected chi connectivity index (χ1v) is 6.79. The van der Waals surface area contributed by atoms with Crippen LogP contribution >= 0.6 is 0 Å². The SMILES string of the molecule is NCc1cc(CS(=O)c2cccc(F)c2)ccn1. The van der Waals surface area contributed by atoms with Crippen LogP contribution < -0.4 is 5.73 Å². The van der Waals surface area contributed by atoms with Crippen molar-refractivity contribution in [3.05, 3.63) is 59.7 Å². The smallest absolute Gasteiger partial charge is 0.124 e. The van der Waals surface area contributed by atoms with Gasteiger partial charge in [0.15, 0.2) is 0 Å². The van der Waals surface area contributed by atoms with E-state index in [9.17, 15) is 8.60 Å². The van der Waals surface area contributed by atoms with E-state index in [1.165, 1.54) is 12.1 Å². The van der Waals surface area contributed by atoms with Gasteiger partial charge in [-0.05, 0) is 35.9 Å². The summed E-state index contributed by atoms with van der Waals surface area (Å²) in [6.45, 7) is 0.348. The fourth-order valence-corrected chi connectivity index (χ4v) is 2.70. The Balaban J connectivity index is 2.16. The van der Waals surface area contributed by atoms with E-state index in [0.717, 1.165) is 11.3 Å². The van der Waals surface area contributed by atoms with Crippen molar-refractivity contribution in [2.75, 3.05) is 0 Å². The molecule has 5 heteroatoms. The maximum atomic E-state index is 13.0. The highest BCUT2D eigenvalue weighted by Crippen LogP contribution is 2.13. The van der Waals surface area contributed by atoms with E-state index >= 15 is 0 Å². The Kier molecular flexibility index (Phi) is 4.17. The number of hydrogen-bond acceptors (Lipinski definition) is 3. The molecule has 0 bridgehead atoms. The minimum absolute atomic E-state index is 0.332. The molecule has 2 N–H and O–H groups in total. The highest BCUT2D eigenvalue weighted by atomic mass is 32.2. The van der Waals surface area contributed by atoms with E-state index in [2.05, 4.69) is 4.98 Å². The van der Waals surface area contributed by atoms with Gasteiger partial charge in [-0.1, -0.05) is 6.07 Å². The summed E-state index contributed by atoms with van der Waals surface area (Å²) in [6.07, 6.45) is 1.64. The zero-order chi connectivity index (χ0) is 13.0. The molecule has 1 atom stereocenters. The largest absolute Gasteiger partial charge is 0.325 e. The van der Waals surface area contributed by atoms with Crippen molar-refractivity contribution >= 4 is 10.8 Å². The average Bonchev–Trinajstić information content (AvgIpc) is 2.39. The molecule has 3 nitrogen and oxygen atoms in total. The molecular weight excluding hydrogens is 251 g/mol. The van der Waals surface area contributed by atoms with Crippen molar-refractivity contribution in [2.45, 2.75) is 17.2 Å². The van der Waals surface area contributed by atoms with Gasteiger partial charge in [0.2, 0.25) is 0 Å². The predicted octanol–water partition coefficient (Wildman–Crippen LogP) is 1.99. The molecule has 0 amide bonds. The Morgan fingerprint density at radius 2 is 2.11 bits per heavy atom. The van der Waals surface area contributed by atoms with Gasteiger partial charge in [-0.15, -0.1) is 0 Å². The molecule has 0 fully saturated rings. The predicted molar refractivity (Wildman–Crippen MR) is 68.6 cm³/mol. The summed E-state index contributed by atoms with van der Waals surface area (Å²) in [5.74, 6) is -0.0443. The van der Waals surface area contributed by atoms with Crippen LogP contribution in [0.3, 0.4) is 0 Å². The highest BCUT2D eigenvalue weighted by Gasteiger charge is 2.06. The molecule has 0 saturated heterocycles. The number of pyridine rings is 1. The van der Waals surface area contributed by atoms with Gasteiger partial charge in [0.25, 0.3) is 0 Å². The average molecular weight is 264 g/mol. The zero-order valence-corrected chi connectivity index (χ0v) is 10.5. The number of hydrogen-bond donors (Lipinski definition) is 1. The topological polar surface area (TPSA) is 56.0 Å². The van der Waals surface area contributed by atoms with Gasteiger partial charge in [-0.3, -0.25) is 9.19 Å². The summed E-state index contributed by atoms with van der Waals surface area (Å²) in [6, 6.07) is 9.44. The standard InChI is InChI=1S/C13H13FN2OS/c14-11-2-1-3-13(7-11)18(17)9-10-4-5-16-12(6-10)8-15/h1-7H,8-9,15H2. The minimum atomic E-state index is -1.26. The van der Waals surface area contributed by atoms with Gasteiger partial charge in [-0.2, -0.15) is 0 Å². The van der Waals surface area contributed by atoms with E-state index in [-0.39, 0.29) is 5.82 Å². The van der Waals surface area contributed by atoms with Crippen LogP contribution in [0.25, 0.3) is 0 Å². The number of halogens is 1. The minimum Gasteiger partial charge on any atom is -0.325 e. The van der Waals surface area contributed by atoms with E-state index < -0.39 is 10.8 Å². The molecule has 0 aliphatic carbocycles. The number of rotatable bonds is 4. The van der Waals surface area contributed by atoms with Crippen LogP contribution in [0.4, 0.5) is 4.39 Å². The second kappa shape index (κ2) is 5.84. The Morgan fingerprint density at radius 3 is 2.83 bits per heavy atom. The van der Waals surface area contributed by atoms with Gasteiger partial charge in [0.05, 0.1) is 22.2 Å². The molecule has 1 heterocycles. The van der Waals surface area contributed by atoms with Crippen molar-refractivity contribution in [2.24, 2.45) is 5.73 Å². The van der Waals surface area contributed by atoms with E-state index in [1.54, 1.807) is 24.4 Å². The highest BCUT2D eigenvalue weighted by molar-refractivity contribution is 7.84. The second-order valence-corrected chi connectivity index (χ2v) is 5.26. The third-order valence-electron chi connectivity index (χ3n) is 2.45. The Bertz CT molecular complexity index is 574. The molecule has 2 rings (SSSR count). The van der Waals surface area contributed by atoms with Crippen molar-refractivity contribution in [1.29, 1.82) is 0 Å². The maximum absolute atomic E-state index is 13.0. The molecule has 1 unspecified atom stereocenters. The molecule has 1 aromatic heterocycles. The van der Waals surface area contributed by atoms with Crippen molar-refractivity contribution in [3.8, 4) is 0 Å². The molecule has 1 aromatic carbocycles. The van der Waals surface area contributed by atoms with Gasteiger partial charge in [0.1, 0.15) is 5.82 Å². The van der Waals surface area contributed by atoms with Crippen LogP contribution in [0.15, 0.2) is 47.5 Å². The summed E-state index contributed by atoms with van der Waals surface area (Å²) < 4.78 is 25.1. The maximum Gasteiger partial charge on any atom is 0.124 e. The lowest BCUT2D eigenvalue weighted by atomic mass is 10.2. The number of nitrogens with zero attached hydrogens (tertiary/aromatic N) is 1. The lowest BCUT2D eigenvalue weighted by Gasteiger charge is -2.04. The third-order valence-corrected chi connectivity index (χ3v) is 3.82. The molecule has 0 radical (unpaired) electrons. The van der Waals surface area contributed by atoms with Gasteiger partial charge in [0, 0.05) is 17.6 Å². The lowest BCUT2D eigenvalue weighted by Crippen LogP contribution is -2.02. The van der Waals surface area contributed by atoms with E-state index in [1.807, 2.05) is 6.07 Å². The van der Waals surface area contributed by atoms with E-state index in [0.29, 0.717) is 17.2 Å². The molecular formula is C13H13FN2OS. The summed E-state index contributed by atoms with van der Waals surface area (Å²) in [5, 5.41) is 0. The summed E-state index contributed by atoms with van der Waals surface area (Å²) >= 11 is 0. The van der Waals surface area contributed by atoms with Crippen LogP contribution in [0.2, 0.25) is 0 Å². The van der Waals surface area contributed by atoms with Crippen LogP contribution in [-0.4, -0.2) is 9.19 Å². The normalized spacial score (nSPS) is 12.3. The van der Waals surface area contributed by atoms with Gasteiger partial charge in [-0.25, -0.2) is 4.39 Å². The molecule has 2 aromatic rings. The van der Waals surface area contributed by atoms with Crippen LogP contribution in [0.5, 0.6) is 0 Å². The molecule has 0 aliphatic heterocycles. The van der Waals surface area contributed by atoms with Crippen LogP contribution in [-0.2, 0) is 23.1 Å². The molecule has 0 saturated carbocycles. The number of nitrogens with two attached hydrogens (primary N) is 1. The summed E-state index contributed by atoms with van der Waals surface area (Å²) in [5.41, 5.74) is 7.13. The first kappa shape index (κ1) is 12.9. The molecule has 94 valence electrons. The first-order valence-electron chi connectivity index (χ1n) is 5.47. The fraction of sp³-hybridized carbons (Fsp3) is 0.154. The number of benzene rings is 1. The van der Waals surface area contributed by atoms with E-state index in [4.69, 9.17) is 5.73 Å². The fourth-order valence-electron chi connectivity index (χ4n) is 1.57. The summed E-state index contributed by atoms with van der Waals surface area (Å²) in [4.78, 5) is 4.56. The molecule has 0 spiro atoms. The monoisotopic (exact) mass is 264 g/mol. The van der Waals surface area contributed by atoms with Crippen molar-refractivity contribution in [3.63, 3.8) is 0 Å². The van der Waals surface area contributed by atoms with Crippen LogP contribution in [0.1, 0.15) is 11.3 Å². The molecule has 0 aliphatic rings. The number of aromatic nitrogens is 1. The van der Waals surface area contributed by atoms with Crippen molar-refractivity contribution in [1.82, 2.24) is 4.98 Å². The zero-order valence-electron chi connectivity index (χ0n) is 9.67. The Morgan fingerprint density at radius 1 is 1.28 bits per heavy atom. The van der Waals surface area contributed by atoms with Gasteiger partial charge < -0.3 is 5.73 Å². The lowest BCUT2D eigenvalue weighted by molar-refractivity contribution is 0.622. The van der Waals surface area contributed by atoms with Crippen LogP contribution in [0, 0.1) is 5.82 Å². The Labute approximate surface area is 107 Å². The summed E-state index contributed by atoms with van der Waals surface area (Å²) in [7, 11) is -1.26. The first-order chi connectivity index (χ1) is 8.69. The van der Waals surface area contributed by atoms with Gasteiger partial charge >= 0.3 is 0 Å². The second-order valence-electron chi connectivity index (χ2n) is 3.81. The van der Waals surface area contributed by atoms with Crippen molar-refractivity contribution < 1.29 is 8.60 Å².